The fraction of sp³-hybridized carbons (Fsp3) is 0. The molecule has 1 aliphatic rings. The maximum absolute atomic E-state index is 2.92. The van der Waals surface area contributed by atoms with Crippen molar-refractivity contribution in [2.45, 2.75) is 0 Å². The third kappa shape index (κ3) is 8.33. The Morgan fingerprint density at radius 3 is 1.50 bits per heavy atom. The molecule has 0 aromatic rings. The predicted octanol–water partition coefficient (Wildman–Crippen LogP) is -4.16. The zero-order valence-electron chi connectivity index (χ0n) is 6.46. The summed E-state index contributed by atoms with van der Waals surface area (Å²) < 4.78 is 0. The van der Waals surface area contributed by atoms with Crippen LogP contribution in [0.4, 0.5) is 0 Å². The Balaban J connectivity index is 0. The fourth-order valence-electron chi connectivity index (χ4n) is 0.430. The van der Waals surface area contributed by atoms with E-state index in [1.807, 2.05) is 36.5 Å². The predicted molar refractivity (Wildman–Crippen MR) is 33.9 cm³/mol. The van der Waals surface area contributed by atoms with Crippen molar-refractivity contribution >= 4 is 0 Å². The van der Waals surface area contributed by atoms with Crippen LogP contribution in [0.25, 0.3) is 0 Å². The Hall–Kier alpha value is 2.23. The van der Waals surface area contributed by atoms with E-state index >= 15 is 0 Å². The minimum absolute atomic E-state index is 0. The number of hydrogen-bond donors (Lipinski definition) is 0. The average Bonchev–Trinajstić information content (AvgIpc) is 1.62. The zero-order chi connectivity index (χ0) is 5.66. The van der Waals surface area contributed by atoms with Crippen LogP contribution in [-0.2, 0) is 0 Å². The molecule has 0 amide bonds. The Morgan fingerprint density at radius 1 is 0.700 bits per heavy atom. The largest absolute Gasteiger partial charge is 1.00 e. The molecule has 0 radical (unpaired) electrons. The molecular weight excluding hydrogens is 174 g/mol. The molecule has 0 bridgehead atoms. The van der Waals surface area contributed by atoms with E-state index in [2.05, 4.69) is 12.2 Å². The molecule has 0 fully saturated rings. The molecule has 0 unspecified atom stereocenters. The molecule has 0 spiro atoms. The van der Waals surface area contributed by atoms with E-state index in [0.29, 0.717) is 0 Å². The summed E-state index contributed by atoms with van der Waals surface area (Å²) in [5.74, 6) is 0. The van der Waals surface area contributed by atoms with Crippen molar-refractivity contribution in [2.24, 2.45) is 0 Å². The molecule has 0 saturated carbocycles. The van der Waals surface area contributed by atoms with Crippen molar-refractivity contribution < 1.29 is 103 Å². The molecule has 0 atom stereocenters. The normalized spacial score (nSPS) is 25.6. The first-order chi connectivity index (χ1) is 4.00. The minimum atomic E-state index is 0. The molecule has 0 saturated heterocycles. The van der Waals surface area contributed by atoms with E-state index < -0.39 is 0 Å². The van der Waals surface area contributed by atoms with Gasteiger partial charge in [0.05, 0.1) is 0 Å². The van der Waals surface area contributed by atoms with Gasteiger partial charge in [0.2, 0.25) is 0 Å². The summed E-state index contributed by atoms with van der Waals surface area (Å²) in [6, 6.07) is 0. The van der Waals surface area contributed by atoms with Crippen LogP contribution in [0.5, 0.6) is 0 Å². The van der Waals surface area contributed by atoms with Gasteiger partial charge in [0, 0.05) is 0 Å². The average molecular weight is 180 g/mol. The summed E-state index contributed by atoms with van der Waals surface area (Å²) >= 11 is 0. The van der Waals surface area contributed by atoms with Crippen molar-refractivity contribution in [3.05, 3.63) is 48.6 Å². The molecule has 0 N–H and O–H groups in total. The van der Waals surface area contributed by atoms with E-state index in [1.54, 1.807) is 0 Å². The third-order valence-electron chi connectivity index (χ3n) is 0.770. The Kier molecular flexibility index (Phi) is 16.6. The first-order valence-corrected chi connectivity index (χ1v) is 2.49. The van der Waals surface area contributed by atoms with Crippen molar-refractivity contribution in [2.75, 3.05) is 0 Å². The molecule has 2 heteroatoms. The molecule has 1 rings (SSSR count). The van der Waals surface area contributed by atoms with Gasteiger partial charge in [-0.2, -0.15) is 48.6 Å². The summed E-state index contributed by atoms with van der Waals surface area (Å²) in [4.78, 5) is 0. The van der Waals surface area contributed by atoms with Crippen LogP contribution in [0.15, 0.2) is 36.5 Å². The van der Waals surface area contributed by atoms with Gasteiger partial charge < -0.3 is 0 Å². The number of rotatable bonds is 0. The molecule has 10 heavy (non-hydrogen) atoms. The van der Waals surface area contributed by atoms with Gasteiger partial charge in [0.1, 0.15) is 0 Å². The molecule has 0 aromatic carbocycles. The van der Waals surface area contributed by atoms with Crippen molar-refractivity contribution in [3.8, 4) is 0 Å². The first kappa shape index (κ1) is 14.7. The molecule has 0 heterocycles. The van der Waals surface area contributed by atoms with Gasteiger partial charge in [0.25, 0.3) is 0 Å². The van der Waals surface area contributed by atoms with E-state index in [-0.39, 0.29) is 103 Å². The van der Waals surface area contributed by atoms with Crippen molar-refractivity contribution in [3.63, 3.8) is 0 Å². The Labute approximate surface area is 147 Å². The van der Waals surface area contributed by atoms with Gasteiger partial charge >= 0.3 is 103 Å². The Morgan fingerprint density at radius 2 is 1.10 bits per heavy atom. The zero-order valence-corrected chi connectivity index (χ0v) is 12.7. The van der Waals surface area contributed by atoms with Crippen LogP contribution in [0.3, 0.4) is 0 Å². The van der Waals surface area contributed by atoms with Gasteiger partial charge in [-0.25, -0.2) is 0 Å². The van der Waals surface area contributed by atoms with Crippen LogP contribution in [0.2, 0.25) is 0 Å². The second kappa shape index (κ2) is 11.2. The van der Waals surface area contributed by atoms with E-state index in [0.717, 1.165) is 0 Å². The van der Waals surface area contributed by atoms with Gasteiger partial charge in [-0.15, -0.1) is 0 Å². The summed E-state index contributed by atoms with van der Waals surface area (Å²) in [7, 11) is 0. The molecule has 40 valence electrons. The smallest absolute Gasteiger partial charge is 0.184 e. The standard InChI is InChI=1S/C8H6.2K/c1-2-4-6-8-7-5-3-1;;/h1-3,6-8H;;/q-2;2*+1/b2-1-,3-1?,8-6?,8-7-;;. The molecule has 0 nitrogen and oxygen atoms in total. The van der Waals surface area contributed by atoms with Crippen LogP contribution in [0, 0.1) is 12.2 Å². The molecule has 1 aliphatic carbocycles. The first-order valence-electron chi connectivity index (χ1n) is 2.49. The van der Waals surface area contributed by atoms with Crippen LogP contribution >= 0.6 is 0 Å². The fourth-order valence-corrected chi connectivity index (χ4v) is 0.430. The number of hydrogen-bond acceptors (Lipinski definition) is 0. The SMILES string of the molecule is [C-]1=C\C=C/[C-]=C\C=C/1.[K+].[K+]. The van der Waals surface area contributed by atoms with E-state index in [4.69, 9.17) is 0 Å². The molecule has 0 aromatic heterocycles. The maximum Gasteiger partial charge on any atom is 1.00 e. The summed E-state index contributed by atoms with van der Waals surface area (Å²) in [5.41, 5.74) is 0. The second-order valence-electron chi connectivity index (χ2n) is 1.38. The summed E-state index contributed by atoms with van der Waals surface area (Å²) in [5, 5.41) is 0. The topological polar surface area (TPSA) is 0 Å². The third-order valence-corrected chi connectivity index (χ3v) is 0.770. The van der Waals surface area contributed by atoms with Crippen molar-refractivity contribution in [1.29, 1.82) is 0 Å². The minimum Gasteiger partial charge on any atom is -0.184 e. The van der Waals surface area contributed by atoms with Gasteiger partial charge in [-0.05, 0) is 0 Å². The summed E-state index contributed by atoms with van der Waals surface area (Å²) in [6.07, 6.45) is 17.0. The molecule has 0 aliphatic heterocycles. The van der Waals surface area contributed by atoms with Gasteiger partial charge in [-0.1, -0.05) is 0 Å². The van der Waals surface area contributed by atoms with Gasteiger partial charge in [0.15, 0.2) is 0 Å². The maximum atomic E-state index is 2.92. The van der Waals surface area contributed by atoms with Crippen LogP contribution < -0.4 is 103 Å². The number of allylic oxidation sites excluding steroid dienone is 8. The second-order valence-corrected chi connectivity index (χ2v) is 1.38. The van der Waals surface area contributed by atoms with Crippen LogP contribution in [-0.4, -0.2) is 0 Å². The molecular formula is C8H6K2. The summed E-state index contributed by atoms with van der Waals surface area (Å²) in [6.45, 7) is 0. The monoisotopic (exact) mass is 180 g/mol. The van der Waals surface area contributed by atoms with Crippen molar-refractivity contribution in [1.82, 2.24) is 0 Å². The van der Waals surface area contributed by atoms with E-state index in [9.17, 15) is 0 Å². The van der Waals surface area contributed by atoms with Gasteiger partial charge in [-0.3, -0.25) is 0 Å². The Bertz CT molecular complexity index is 108. The van der Waals surface area contributed by atoms with E-state index in [1.165, 1.54) is 0 Å². The quantitative estimate of drug-likeness (QED) is 0.262. The van der Waals surface area contributed by atoms with Crippen LogP contribution in [0.1, 0.15) is 0 Å².